The number of sulfonamides is 1. The van der Waals surface area contributed by atoms with Gasteiger partial charge in [-0.1, -0.05) is 39.1 Å². The number of hydrogen-bond donors (Lipinski definition) is 1. The van der Waals surface area contributed by atoms with E-state index in [0.717, 1.165) is 12.8 Å². The molecule has 1 aliphatic rings. The molecule has 1 heterocycles. The van der Waals surface area contributed by atoms with Gasteiger partial charge in [-0.3, -0.25) is 0 Å². The largest absolute Gasteiger partial charge is 0.377 e. The summed E-state index contributed by atoms with van der Waals surface area (Å²) < 4.78 is 33.5. The summed E-state index contributed by atoms with van der Waals surface area (Å²) >= 11 is 15.2. The van der Waals surface area contributed by atoms with Crippen molar-refractivity contribution in [2.75, 3.05) is 6.61 Å². The molecular weight excluding hydrogens is 389 g/mol. The van der Waals surface area contributed by atoms with Gasteiger partial charge in [0.05, 0.1) is 16.1 Å². The molecule has 0 amide bonds. The molecule has 2 atom stereocenters. The number of benzene rings is 1. The highest BCUT2D eigenvalue weighted by atomic mass is 79.9. The van der Waals surface area contributed by atoms with Gasteiger partial charge in [-0.15, -0.1) is 0 Å². The number of nitrogens with one attached hydrogen (secondary N) is 1. The Balaban J connectivity index is 2.26. The Labute approximate surface area is 137 Å². The molecule has 1 saturated heterocycles. The Bertz CT molecular complexity index is 580. The third kappa shape index (κ3) is 3.67. The first-order chi connectivity index (χ1) is 9.31. The SMILES string of the molecule is CC(NS(=O)(=O)c1c(Cl)cc(Br)cc1Cl)C1CCCO1. The van der Waals surface area contributed by atoms with Crippen molar-refractivity contribution in [2.45, 2.75) is 36.8 Å². The molecule has 2 rings (SSSR count). The van der Waals surface area contributed by atoms with Crippen LogP contribution in [-0.2, 0) is 14.8 Å². The average Bonchev–Trinajstić information content (AvgIpc) is 2.78. The van der Waals surface area contributed by atoms with Gasteiger partial charge >= 0.3 is 0 Å². The zero-order chi connectivity index (χ0) is 14.9. The van der Waals surface area contributed by atoms with Crippen LogP contribution < -0.4 is 4.72 Å². The van der Waals surface area contributed by atoms with E-state index in [1.165, 1.54) is 12.1 Å². The van der Waals surface area contributed by atoms with Crippen LogP contribution >= 0.6 is 39.1 Å². The van der Waals surface area contributed by atoms with E-state index in [1.807, 2.05) is 0 Å². The zero-order valence-corrected chi connectivity index (χ0v) is 14.6. The number of halogens is 3. The Morgan fingerprint density at radius 3 is 2.50 bits per heavy atom. The van der Waals surface area contributed by atoms with Crippen molar-refractivity contribution >= 4 is 49.2 Å². The molecule has 1 aromatic rings. The van der Waals surface area contributed by atoms with E-state index in [2.05, 4.69) is 20.7 Å². The summed E-state index contributed by atoms with van der Waals surface area (Å²) in [5.41, 5.74) is 0. The van der Waals surface area contributed by atoms with E-state index in [0.29, 0.717) is 11.1 Å². The van der Waals surface area contributed by atoms with Crippen molar-refractivity contribution in [1.29, 1.82) is 0 Å². The van der Waals surface area contributed by atoms with Crippen LogP contribution in [0.25, 0.3) is 0 Å². The highest BCUT2D eigenvalue weighted by Crippen LogP contribution is 2.33. The minimum absolute atomic E-state index is 0.0800. The molecule has 112 valence electrons. The fourth-order valence-corrected chi connectivity index (χ4v) is 5.37. The van der Waals surface area contributed by atoms with Gasteiger partial charge < -0.3 is 4.74 Å². The molecular formula is C12H14BrCl2NO3S. The van der Waals surface area contributed by atoms with Crippen molar-refractivity contribution in [2.24, 2.45) is 0 Å². The molecule has 0 saturated carbocycles. The fourth-order valence-electron chi connectivity index (χ4n) is 2.16. The van der Waals surface area contributed by atoms with Gasteiger partial charge in [0.25, 0.3) is 0 Å². The molecule has 0 radical (unpaired) electrons. The summed E-state index contributed by atoms with van der Waals surface area (Å²) in [5.74, 6) is 0. The summed E-state index contributed by atoms with van der Waals surface area (Å²) in [6, 6.07) is 2.66. The second kappa shape index (κ2) is 6.50. The van der Waals surface area contributed by atoms with Crippen molar-refractivity contribution in [3.8, 4) is 0 Å². The molecule has 20 heavy (non-hydrogen) atoms. The van der Waals surface area contributed by atoms with Crippen LogP contribution in [-0.4, -0.2) is 27.2 Å². The standard InChI is InChI=1S/C12H14BrCl2NO3S/c1-7(11-3-2-4-19-11)16-20(17,18)12-9(14)5-8(13)6-10(12)15/h5-7,11,16H,2-4H2,1H3. The topological polar surface area (TPSA) is 55.4 Å². The van der Waals surface area contributed by atoms with E-state index >= 15 is 0 Å². The lowest BCUT2D eigenvalue weighted by Crippen LogP contribution is -2.40. The van der Waals surface area contributed by atoms with Gasteiger partial charge in [0.15, 0.2) is 0 Å². The fraction of sp³-hybridized carbons (Fsp3) is 0.500. The van der Waals surface area contributed by atoms with Gasteiger partial charge in [-0.05, 0) is 31.9 Å². The van der Waals surface area contributed by atoms with Crippen LogP contribution in [0.3, 0.4) is 0 Å². The molecule has 1 N–H and O–H groups in total. The molecule has 0 spiro atoms. The van der Waals surface area contributed by atoms with Crippen LogP contribution in [0.1, 0.15) is 19.8 Å². The second-order valence-electron chi connectivity index (χ2n) is 4.66. The van der Waals surface area contributed by atoms with E-state index < -0.39 is 10.0 Å². The maximum atomic E-state index is 12.4. The van der Waals surface area contributed by atoms with Crippen molar-refractivity contribution < 1.29 is 13.2 Å². The van der Waals surface area contributed by atoms with Crippen LogP contribution in [0.2, 0.25) is 10.0 Å². The molecule has 8 heteroatoms. The third-order valence-corrected chi connectivity index (χ3v) is 6.03. The molecule has 1 aromatic carbocycles. The average molecular weight is 403 g/mol. The zero-order valence-electron chi connectivity index (χ0n) is 10.7. The second-order valence-corrected chi connectivity index (χ2v) is 8.04. The van der Waals surface area contributed by atoms with Crippen LogP contribution in [0.4, 0.5) is 0 Å². The number of rotatable bonds is 4. The third-order valence-electron chi connectivity index (χ3n) is 3.10. The van der Waals surface area contributed by atoms with Gasteiger partial charge in [0.1, 0.15) is 4.90 Å². The lowest BCUT2D eigenvalue weighted by Gasteiger charge is -2.20. The summed E-state index contributed by atoms with van der Waals surface area (Å²) in [6.45, 7) is 2.44. The maximum absolute atomic E-state index is 12.4. The lowest BCUT2D eigenvalue weighted by molar-refractivity contribution is 0.0902. The Morgan fingerprint density at radius 2 is 2.00 bits per heavy atom. The molecule has 2 unspecified atom stereocenters. The van der Waals surface area contributed by atoms with E-state index in [9.17, 15) is 8.42 Å². The smallest absolute Gasteiger partial charge is 0.243 e. The first kappa shape index (κ1) is 16.5. The molecule has 0 aromatic heterocycles. The maximum Gasteiger partial charge on any atom is 0.243 e. The predicted octanol–water partition coefficient (Wildman–Crippen LogP) is 3.60. The molecule has 4 nitrogen and oxygen atoms in total. The predicted molar refractivity (Wildman–Crippen MR) is 82.9 cm³/mol. The minimum Gasteiger partial charge on any atom is -0.377 e. The van der Waals surface area contributed by atoms with E-state index in [4.69, 9.17) is 27.9 Å². The van der Waals surface area contributed by atoms with Gasteiger partial charge in [-0.2, -0.15) is 0 Å². The summed E-state index contributed by atoms with van der Waals surface area (Å²) in [4.78, 5) is -0.103. The molecule has 1 fully saturated rings. The Hall–Kier alpha value is 0.150. The van der Waals surface area contributed by atoms with Crippen LogP contribution in [0.15, 0.2) is 21.5 Å². The van der Waals surface area contributed by atoms with Crippen LogP contribution in [0, 0.1) is 0 Å². The lowest BCUT2D eigenvalue weighted by atomic mass is 10.1. The van der Waals surface area contributed by atoms with Crippen LogP contribution in [0.5, 0.6) is 0 Å². The minimum atomic E-state index is -3.79. The first-order valence-corrected chi connectivity index (χ1v) is 9.13. The molecule has 1 aliphatic heterocycles. The van der Waals surface area contributed by atoms with E-state index in [1.54, 1.807) is 6.92 Å². The summed E-state index contributed by atoms with van der Waals surface area (Å²) in [5, 5.41) is 0.160. The normalized spacial score (nSPS) is 21.1. The molecule has 0 bridgehead atoms. The summed E-state index contributed by atoms with van der Waals surface area (Å²) in [7, 11) is -3.79. The Morgan fingerprint density at radius 1 is 1.40 bits per heavy atom. The Kier molecular flexibility index (Phi) is 5.37. The van der Waals surface area contributed by atoms with Gasteiger partial charge in [-0.25, -0.2) is 13.1 Å². The summed E-state index contributed by atoms with van der Waals surface area (Å²) in [6.07, 6.45) is 1.67. The van der Waals surface area contributed by atoms with Gasteiger partial charge in [0.2, 0.25) is 10.0 Å². The van der Waals surface area contributed by atoms with Crippen molar-refractivity contribution in [3.05, 3.63) is 26.7 Å². The van der Waals surface area contributed by atoms with Crippen molar-refractivity contribution in [3.63, 3.8) is 0 Å². The quantitative estimate of drug-likeness (QED) is 0.836. The highest BCUT2D eigenvalue weighted by Gasteiger charge is 2.29. The number of ether oxygens (including phenoxy) is 1. The first-order valence-electron chi connectivity index (χ1n) is 6.10. The molecule has 0 aliphatic carbocycles. The highest BCUT2D eigenvalue weighted by molar-refractivity contribution is 9.10. The van der Waals surface area contributed by atoms with Gasteiger partial charge in [0, 0.05) is 17.1 Å². The van der Waals surface area contributed by atoms with E-state index in [-0.39, 0.29) is 27.1 Å². The number of hydrogen-bond acceptors (Lipinski definition) is 3. The van der Waals surface area contributed by atoms with Crippen molar-refractivity contribution in [1.82, 2.24) is 4.72 Å². The monoisotopic (exact) mass is 401 g/mol.